The molecule has 0 aromatic heterocycles. The Morgan fingerprint density at radius 1 is 0.762 bits per heavy atom. The van der Waals surface area contributed by atoms with Gasteiger partial charge in [-0.15, -0.1) is 0 Å². The van der Waals surface area contributed by atoms with E-state index < -0.39 is 0 Å². The van der Waals surface area contributed by atoms with Crippen LogP contribution in [-0.4, -0.2) is 10.2 Å². The second-order valence-corrected chi connectivity index (χ2v) is 5.89. The first kappa shape index (κ1) is 12.7. The maximum Gasteiger partial charge on any atom is 0.121 e. The Balaban J connectivity index is 1.64. The van der Waals surface area contributed by atoms with Crippen LogP contribution in [0.1, 0.15) is 47.3 Å². The molecule has 0 radical (unpaired) electrons. The van der Waals surface area contributed by atoms with Crippen molar-refractivity contribution >= 4 is 0 Å². The molecule has 3 nitrogen and oxygen atoms in total. The van der Waals surface area contributed by atoms with Gasteiger partial charge in [0.05, 0.1) is 12.2 Å². The van der Waals surface area contributed by atoms with Crippen LogP contribution in [0.2, 0.25) is 0 Å². The van der Waals surface area contributed by atoms with Crippen LogP contribution in [0, 0.1) is 0 Å². The van der Waals surface area contributed by atoms with Crippen molar-refractivity contribution in [1.29, 1.82) is 0 Å². The number of hydrogen-bond donors (Lipinski definition) is 2. The Kier molecular flexibility index (Phi) is 2.89. The normalized spacial score (nSPS) is 23.0. The molecule has 0 bridgehead atoms. The van der Waals surface area contributed by atoms with Crippen LogP contribution in [0.5, 0.6) is 11.5 Å². The van der Waals surface area contributed by atoms with Gasteiger partial charge in [-0.3, -0.25) is 0 Å². The summed E-state index contributed by atoms with van der Waals surface area (Å²) in [6.45, 7) is 0. The summed E-state index contributed by atoms with van der Waals surface area (Å²) < 4.78 is 6.27. The Bertz CT molecular complexity index is 633. The minimum Gasteiger partial charge on any atom is -0.508 e. The fourth-order valence-electron chi connectivity index (χ4n) is 3.71. The summed E-state index contributed by atoms with van der Waals surface area (Å²) in [5, 5.41) is 20.2. The lowest BCUT2D eigenvalue weighted by Crippen LogP contribution is -2.06. The Hall–Kier alpha value is -2.00. The third kappa shape index (κ3) is 2.00. The van der Waals surface area contributed by atoms with Gasteiger partial charge in [0.2, 0.25) is 0 Å². The number of fused-ring (bicyclic) bond motifs is 2. The highest BCUT2D eigenvalue weighted by Gasteiger charge is 2.33. The molecule has 2 aliphatic rings. The summed E-state index contributed by atoms with van der Waals surface area (Å²) in [5.74, 6) is 0.649. The number of rotatable bonds is 2. The fraction of sp³-hybridized carbons (Fsp3) is 0.333. The summed E-state index contributed by atoms with van der Waals surface area (Å²) in [4.78, 5) is 0. The van der Waals surface area contributed by atoms with Gasteiger partial charge >= 0.3 is 0 Å². The number of phenols is 2. The number of phenolic OH excluding ortho intramolecular Hbond substituents is 2. The first-order valence-electron chi connectivity index (χ1n) is 7.51. The van der Waals surface area contributed by atoms with Crippen molar-refractivity contribution in [2.75, 3.05) is 0 Å². The molecular weight excluding hydrogens is 264 g/mol. The first-order valence-corrected chi connectivity index (χ1v) is 7.51. The lowest BCUT2D eigenvalue weighted by atomic mass is 10.1. The van der Waals surface area contributed by atoms with Gasteiger partial charge in [0.1, 0.15) is 11.5 Å². The van der Waals surface area contributed by atoms with Gasteiger partial charge in [0.25, 0.3) is 0 Å². The zero-order chi connectivity index (χ0) is 14.4. The standard InChI is InChI=1S/C18H18O3/c19-13-5-1-3-11-7-9-15(17(11)13)21-16-10-8-12-4-2-6-14(20)18(12)16/h1-6,15-16,19-20H,7-10H2. The number of aromatic hydroxyl groups is 2. The molecule has 108 valence electrons. The highest BCUT2D eigenvalue weighted by molar-refractivity contribution is 5.46. The summed E-state index contributed by atoms with van der Waals surface area (Å²) in [5.41, 5.74) is 4.22. The third-order valence-electron chi connectivity index (χ3n) is 4.67. The molecular formula is C18H18O3. The zero-order valence-electron chi connectivity index (χ0n) is 11.7. The van der Waals surface area contributed by atoms with E-state index in [9.17, 15) is 10.2 Å². The second-order valence-electron chi connectivity index (χ2n) is 5.89. The van der Waals surface area contributed by atoms with Gasteiger partial charge in [-0.1, -0.05) is 24.3 Å². The van der Waals surface area contributed by atoms with E-state index in [1.54, 1.807) is 12.1 Å². The topological polar surface area (TPSA) is 49.7 Å². The first-order chi connectivity index (χ1) is 10.2. The molecule has 0 amide bonds. The summed E-state index contributed by atoms with van der Waals surface area (Å²) in [6.07, 6.45) is 3.52. The molecule has 2 unspecified atom stereocenters. The molecule has 3 heteroatoms. The zero-order valence-corrected chi connectivity index (χ0v) is 11.7. The second kappa shape index (κ2) is 4.78. The van der Waals surface area contributed by atoms with E-state index >= 15 is 0 Å². The van der Waals surface area contributed by atoms with Crippen molar-refractivity contribution in [3.05, 3.63) is 58.7 Å². The monoisotopic (exact) mass is 282 g/mol. The van der Waals surface area contributed by atoms with Crippen LogP contribution < -0.4 is 0 Å². The number of hydrogen-bond acceptors (Lipinski definition) is 3. The van der Waals surface area contributed by atoms with E-state index in [1.165, 1.54) is 11.1 Å². The van der Waals surface area contributed by atoms with Crippen LogP contribution in [0.3, 0.4) is 0 Å². The molecule has 0 saturated carbocycles. The SMILES string of the molecule is Oc1cccc2c1C(OC1CCc3cccc(O)c31)CC2. The predicted molar refractivity (Wildman–Crippen MR) is 79.4 cm³/mol. The lowest BCUT2D eigenvalue weighted by molar-refractivity contribution is -0.0147. The molecule has 2 aromatic rings. The molecule has 2 aliphatic carbocycles. The van der Waals surface area contributed by atoms with Crippen LogP contribution in [0.15, 0.2) is 36.4 Å². The predicted octanol–water partition coefficient (Wildman–Crippen LogP) is 3.79. The largest absolute Gasteiger partial charge is 0.508 e. The number of benzene rings is 2. The van der Waals surface area contributed by atoms with Gasteiger partial charge in [0, 0.05) is 11.1 Å². The van der Waals surface area contributed by atoms with Crippen molar-refractivity contribution in [1.82, 2.24) is 0 Å². The van der Waals surface area contributed by atoms with Crippen LogP contribution in [0.4, 0.5) is 0 Å². The molecule has 0 fully saturated rings. The smallest absolute Gasteiger partial charge is 0.121 e. The van der Waals surface area contributed by atoms with Crippen molar-refractivity contribution in [3.8, 4) is 11.5 Å². The van der Waals surface area contributed by atoms with Gasteiger partial charge in [0.15, 0.2) is 0 Å². The molecule has 0 spiro atoms. The molecule has 0 heterocycles. The van der Waals surface area contributed by atoms with E-state index in [1.807, 2.05) is 12.1 Å². The van der Waals surface area contributed by atoms with Crippen molar-refractivity contribution in [2.45, 2.75) is 37.9 Å². The number of aryl methyl sites for hydroxylation is 2. The summed E-state index contributed by atoms with van der Waals surface area (Å²) in [6, 6.07) is 11.3. The molecule has 2 N–H and O–H groups in total. The minimum atomic E-state index is -0.0724. The number of ether oxygens (including phenoxy) is 1. The van der Waals surface area contributed by atoms with Gasteiger partial charge in [-0.25, -0.2) is 0 Å². The van der Waals surface area contributed by atoms with E-state index in [-0.39, 0.29) is 12.2 Å². The molecule has 21 heavy (non-hydrogen) atoms. The fourth-order valence-corrected chi connectivity index (χ4v) is 3.71. The minimum absolute atomic E-state index is 0.0724. The molecule has 0 aliphatic heterocycles. The van der Waals surface area contributed by atoms with Crippen LogP contribution >= 0.6 is 0 Å². The third-order valence-corrected chi connectivity index (χ3v) is 4.67. The van der Waals surface area contributed by atoms with Crippen molar-refractivity contribution in [2.24, 2.45) is 0 Å². The van der Waals surface area contributed by atoms with E-state index in [4.69, 9.17) is 4.74 Å². The Morgan fingerprint density at radius 2 is 1.24 bits per heavy atom. The Morgan fingerprint density at radius 3 is 1.71 bits per heavy atom. The van der Waals surface area contributed by atoms with Crippen LogP contribution in [-0.2, 0) is 17.6 Å². The van der Waals surface area contributed by atoms with E-state index in [0.717, 1.165) is 36.8 Å². The van der Waals surface area contributed by atoms with Gasteiger partial charge in [-0.05, 0) is 48.9 Å². The van der Waals surface area contributed by atoms with E-state index in [2.05, 4.69) is 12.1 Å². The molecule has 0 saturated heterocycles. The average Bonchev–Trinajstić information content (AvgIpc) is 3.06. The summed E-state index contributed by atoms with van der Waals surface area (Å²) in [7, 11) is 0. The highest BCUT2D eigenvalue weighted by atomic mass is 16.5. The Labute approximate surface area is 123 Å². The molecule has 2 aromatic carbocycles. The molecule has 2 atom stereocenters. The van der Waals surface area contributed by atoms with Crippen molar-refractivity contribution in [3.63, 3.8) is 0 Å². The average molecular weight is 282 g/mol. The maximum absolute atomic E-state index is 10.1. The van der Waals surface area contributed by atoms with Crippen molar-refractivity contribution < 1.29 is 14.9 Å². The van der Waals surface area contributed by atoms with Gasteiger partial charge in [-0.2, -0.15) is 0 Å². The highest BCUT2D eigenvalue weighted by Crippen LogP contribution is 2.46. The summed E-state index contributed by atoms with van der Waals surface area (Å²) >= 11 is 0. The lowest BCUT2D eigenvalue weighted by Gasteiger charge is -2.21. The van der Waals surface area contributed by atoms with Gasteiger partial charge < -0.3 is 14.9 Å². The molecule has 4 rings (SSSR count). The van der Waals surface area contributed by atoms with E-state index in [0.29, 0.717) is 11.5 Å². The van der Waals surface area contributed by atoms with Crippen LogP contribution in [0.25, 0.3) is 0 Å². The maximum atomic E-state index is 10.1. The quantitative estimate of drug-likeness (QED) is 0.881.